The van der Waals surface area contributed by atoms with Crippen LogP contribution in [0, 0.1) is 0 Å². The van der Waals surface area contributed by atoms with Gasteiger partial charge in [-0.05, 0) is 25.0 Å². The van der Waals surface area contributed by atoms with Gasteiger partial charge in [-0.15, -0.1) is 0 Å². The Labute approximate surface area is 122 Å². The molecule has 21 heavy (non-hydrogen) atoms. The summed E-state index contributed by atoms with van der Waals surface area (Å²) in [6, 6.07) is 2.82. The van der Waals surface area contributed by atoms with Gasteiger partial charge in [0.1, 0.15) is 0 Å². The second-order valence-electron chi connectivity index (χ2n) is 4.61. The van der Waals surface area contributed by atoms with Crippen molar-refractivity contribution < 1.29 is 23.9 Å². The van der Waals surface area contributed by atoms with Gasteiger partial charge in [-0.1, -0.05) is 6.92 Å². The lowest BCUT2D eigenvalue weighted by Gasteiger charge is -2.14. The van der Waals surface area contributed by atoms with Gasteiger partial charge in [-0.25, -0.2) is 0 Å². The second-order valence-corrected chi connectivity index (χ2v) is 4.61. The van der Waals surface area contributed by atoms with E-state index in [1.165, 1.54) is 6.26 Å². The summed E-state index contributed by atoms with van der Waals surface area (Å²) in [5.41, 5.74) is 0. The number of furan rings is 1. The Morgan fingerprint density at radius 3 is 2.71 bits per heavy atom. The first-order valence-electron chi connectivity index (χ1n) is 6.85. The topological polar surface area (TPSA) is 109 Å². The minimum absolute atomic E-state index is 0.0858. The maximum Gasteiger partial charge on any atom is 0.305 e. The van der Waals surface area contributed by atoms with E-state index in [1.54, 1.807) is 12.1 Å². The molecule has 0 spiro atoms. The molecule has 2 amide bonds. The molecule has 1 heterocycles. The van der Waals surface area contributed by atoms with Gasteiger partial charge in [0.15, 0.2) is 5.76 Å². The average Bonchev–Trinajstić information content (AvgIpc) is 2.96. The van der Waals surface area contributed by atoms with E-state index >= 15 is 0 Å². The third kappa shape index (κ3) is 6.60. The molecular formula is C14H20N2O5. The summed E-state index contributed by atoms with van der Waals surface area (Å²) in [5, 5.41) is 14.0. The van der Waals surface area contributed by atoms with Crippen molar-refractivity contribution in [2.75, 3.05) is 6.54 Å². The number of carboxylic acids is 1. The molecule has 0 aliphatic carbocycles. The molecule has 7 heteroatoms. The zero-order chi connectivity index (χ0) is 15.7. The molecule has 3 N–H and O–H groups in total. The van der Waals surface area contributed by atoms with Crippen LogP contribution < -0.4 is 10.6 Å². The van der Waals surface area contributed by atoms with E-state index < -0.39 is 5.97 Å². The van der Waals surface area contributed by atoms with Crippen molar-refractivity contribution >= 4 is 17.8 Å². The number of rotatable bonds is 9. The molecule has 116 valence electrons. The van der Waals surface area contributed by atoms with E-state index in [0.29, 0.717) is 19.4 Å². The molecule has 1 aromatic heterocycles. The third-order valence-corrected chi connectivity index (χ3v) is 2.89. The van der Waals surface area contributed by atoms with Gasteiger partial charge >= 0.3 is 5.97 Å². The maximum atomic E-state index is 11.6. The SMILES string of the molecule is CCC(CC(=O)O)NC(=O)CCCNC(=O)c1ccco1. The molecule has 1 rings (SSSR count). The number of aliphatic carboxylic acids is 1. The summed E-state index contributed by atoms with van der Waals surface area (Å²) in [6.45, 7) is 2.17. The van der Waals surface area contributed by atoms with E-state index in [4.69, 9.17) is 9.52 Å². The summed E-state index contributed by atoms with van der Waals surface area (Å²) >= 11 is 0. The Kier molecular flexibility index (Phi) is 7.00. The van der Waals surface area contributed by atoms with Crippen molar-refractivity contribution in [3.63, 3.8) is 0 Å². The Bertz CT molecular complexity index is 470. The number of hydrogen-bond acceptors (Lipinski definition) is 4. The zero-order valence-corrected chi connectivity index (χ0v) is 11.9. The molecule has 0 radical (unpaired) electrons. The van der Waals surface area contributed by atoms with Crippen molar-refractivity contribution in [2.45, 2.75) is 38.6 Å². The minimum Gasteiger partial charge on any atom is -0.481 e. The highest BCUT2D eigenvalue weighted by Gasteiger charge is 2.14. The van der Waals surface area contributed by atoms with Gasteiger partial charge in [0, 0.05) is 19.0 Å². The van der Waals surface area contributed by atoms with Crippen LogP contribution in [0.3, 0.4) is 0 Å². The predicted molar refractivity (Wildman–Crippen MR) is 74.7 cm³/mol. The molecule has 7 nitrogen and oxygen atoms in total. The lowest BCUT2D eigenvalue weighted by molar-refractivity contribution is -0.137. The van der Waals surface area contributed by atoms with Crippen LogP contribution in [0.4, 0.5) is 0 Å². The first kappa shape index (κ1) is 16.7. The van der Waals surface area contributed by atoms with Gasteiger partial charge in [-0.3, -0.25) is 14.4 Å². The molecule has 0 saturated heterocycles. The molecule has 1 unspecified atom stereocenters. The lowest BCUT2D eigenvalue weighted by atomic mass is 10.1. The van der Waals surface area contributed by atoms with Gasteiger partial charge in [0.05, 0.1) is 12.7 Å². The summed E-state index contributed by atoms with van der Waals surface area (Å²) in [4.78, 5) is 33.7. The maximum absolute atomic E-state index is 11.6. The van der Waals surface area contributed by atoms with Crippen molar-refractivity contribution in [2.24, 2.45) is 0 Å². The van der Waals surface area contributed by atoms with Gasteiger partial charge in [-0.2, -0.15) is 0 Å². The smallest absolute Gasteiger partial charge is 0.305 e. The molecule has 0 saturated carbocycles. The highest BCUT2D eigenvalue weighted by Crippen LogP contribution is 2.01. The van der Waals surface area contributed by atoms with Gasteiger partial charge < -0.3 is 20.2 Å². The van der Waals surface area contributed by atoms with Crippen molar-refractivity contribution in [1.29, 1.82) is 0 Å². The molecule has 0 bridgehead atoms. The molecule has 1 atom stereocenters. The molecule has 0 fully saturated rings. The predicted octanol–water partition coefficient (Wildman–Crippen LogP) is 1.16. The monoisotopic (exact) mass is 296 g/mol. The molecule has 0 aromatic carbocycles. The van der Waals surface area contributed by atoms with E-state index in [2.05, 4.69) is 10.6 Å². The summed E-state index contributed by atoms with van der Waals surface area (Å²) in [5.74, 6) is -1.24. The van der Waals surface area contributed by atoms with Crippen LogP contribution in [0.1, 0.15) is 43.2 Å². The average molecular weight is 296 g/mol. The van der Waals surface area contributed by atoms with E-state index in [9.17, 15) is 14.4 Å². The van der Waals surface area contributed by atoms with E-state index in [0.717, 1.165) is 0 Å². The van der Waals surface area contributed by atoms with E-state index in [1.807, 2.05) is 6.92 Å². The number of carbonyl (C=O) groups is 3. The lowest BCUT2D eigenvalue weighted by Crippen LogP contribution is -2.36. The number of carbonyl (C=O) groups excluding carboxylic acids is 2. The van der Waals surface area contributed by atoms with Crippen LogP contribution in [-0.2, 0) is 9.59 Å². The standard InChI is InChI=1S/C14H20N2O5/c1-2-10(9-13(18)19)16-12(17)6-3-7-15-14(20)11-5-4-8-21-11/h4-5,8,10H,2-3,6-7,9H2,1H3,(H,15,20)(H,16,17)(H,18,19). The van der Waals surface area contributed by atoms with E-state index in [-0.39, 0.29) is 36.5 Å². The summed E-state index contributed by atoms with van der Waals surface area (Å²) in [7, 11) is 0. The van der Waals surface area contributed by atoms with Crippen LogP contribution in [0.25, 0.3) is 0 Å². The van der Waals surface area contributed by atoms with Crippen LogP contribution in [0.2, 0.25) is 0 Å². The number of carboxylic acid groups (broad SMARTS) is 1. The Hall–Kier alpha value is -2.31. The molecule has 0 aliphatic rings. The molecule has 1 aromatic rings. The minimum atomic E-state index is -0.937. The molecule has 0 aliphatic heterocycles. The third-order valence-electron chi connectivity index (χ3n) is 2.89. The highest BCUT2D eigenvalue weighted by molar-refractivity contribution is 5.91. The second kappa shape index (κ2) is 8.78. The Morgan fingerprint density at radius 2 is 2.14 bits per heavy atom. The van der Waals surface area contributed by atoms with Crippen LogP contribution in [-0.4, -0.2) is 35.5 Å². The largest absolute Gasteiger partial charge is 0.481 e. The normalized spacial score (nSPS) is 11.7. The van der Waals surface area contributed by atoms with Gasteiger partial charge in [0.2, 0.25) is 5.91 Å². The summed E-state index contributed by atoms with van der Waals surface area (Å²) in [6.07, 6.45) is 2.59. The fraction of sp³-hybridized carbons (Fsp3) is 0.500. The van der Waals surface area contributed by atoms with Crippen LogP contribution in [0.15, 0.2) is 22.8 Å². The first-order chi connectivity index (χ1) is 10.0. The van der Waals surface area contributed by atoms with Crippen molar-refractivity contribution in [1.82, 2.24) is 10.6 Å². The van der Waals surface area contributed by atoms with Crippen molar-refractivity contribution in [3.05, 3.63) is 24.2 Å². The van der Waals surface area contributed by atoms with Crippen molar-refractivity contribution in [3.8, 4) is 0 Å². The highest BCUT2D eigenvalue weighted by atomic mass is 16.4. The van der Waals surface area contributed by atoms with Crippen LogP contribution in [0.5, 0.6) is 0 Å². The Balaban J connectivity index is 2.18. The number of nitrogens with one attached hydrogen (secondary N) is 2. The Morgan fingerprint density at radius 1 is 1.38 bits per heavy atom. The number of hydrogen-bond donors (Lipinski definition) is 3. The summed E-state index contributed by atoms with van der Waals surface area (Å²) < 4.78 is 4.93. The quantitative estimate of drug-likeness (QED) is 0.592. The fourth-order valence-electron chi connectivity index (χ4n) is 1.75. The first-order valence-corrected chi connectivity index (χ1v) is 6.85. The van der Waals surface area contributed by atoms with Gasteiger partial charge in [0.25, 0.3) is 5.91 Å². The molecular weight excluding hydrogens is 276 g/mol. The van der Waals surface area contributed by atoms with Crippen LogP contribution >= 0.6 is 0 Å². The zero-order valence-electron chi connectivity index (χ0n) is 11.9. The fourth-order valence-corrected chi connectivity index (χ4v) is 1.75. The number of amides is 2.